The number of carbonyl (C=O) groups excluding carboxylic acids is 1. The molecule has 1 aliphatic carbocycles. The Kier molecular flexibility index (Phi) is 5.61. The van der Waals surface area contributed by atoms with Crippen molar-refractivity contribution in [1.29, 1.82) is 0 Å². The fourth-order valence-electron chi connectivity index (χ4n) is 4.22. The highest BCUT2D eigenvalue weighted by Gasteiger charge is 2.31. The molecule has 0 bridgehead atoms. The van der Waals surface area contributed by atoms with E-state index in [1.807, 2.05) is 4.68 Å². The molecule has 26 heavy (non-hydrogen) atoms. The van der Waals surface area contributed by atoms with Crippen molar-refractivity contribution in [3.8, 4) is 5.69 Å². The second-order valence-corrected chi connectivity index (χ2v) is 10.4. The minimum atomic E-state index is 0.272. The maximum atomic E-state index is 12.8. The number of hydrogen-bond acceptors (Lipinski definition) is 2. The van der Waals surface area contributed by atoms with Gasteiger partial charge >= 0.3 is 0 Å². The SMILES string of the molecule is CC1CC(=O)c2c(CC(C)CC(C)(C)C)nn(-c3ccc(I)cc3)c2C1. The lowest BCUT2D eigenvalue weighted by atomic mass is 9.81. The topological polar surface area (TPSA) is 34.9 Å². The van der Waals surface area contributed by atoms with Crippen LogP contribution in [-0.4, -0.2) is 15.6 Å². The smallest absolute Gasteiger partial charge is 0.166 e. The van der Waals surface area contributed by atoms with Gasteiger partial charge in [0.1, 0.15) is 0 Å². The summed E-state index contributed by atoms with van der Waals surface area (Å²) >= 11 is 2.32. The number of Topliss-reactive ketones (excluding diaryl/α,β-unsaturated/α-hetero) is 1. The summed E-state index contributed by atoms with van der Waals surface area (Å²) < 4.78 is 3.23. The number of halogens is 1. The van der Waals surface area contributed by atoms with E-state index in [0.717, 1.165) is 41.9 Å². The third-order valence-corrected chi connectivity index (χ3v) is 5.70. The molecule has 3 nitrogen and oxygen atoms in total. The molecule has 4 heteroatoms. The van der Waals surface area contributed by atoms with E-state index < -0.39 is 0 Å². The van der Waals surface area contributed by atoms with Gasteiger partial charge in [-0.25, -0.2) is 4.68 Å². The summed E-state index contributed by atoms with van der Waals surface area (Å²) in [5.41, 5.74) is 4.34. The Morgan fingerprint density at radius 1 is 1.23 bits per heavy atom. The highest BCUT2D eigenvalue weighted by molar-refractivity contribution is 14.1. The summed E-state index contributed by atoms with van der Waals surface area (Å²) in [7, 11) is 0. The molecule has 2 atom stereocenters. The summed E-state index contributed by atoms with van der Waals surface area (Å²) in [4.78, 5) is 12.8. The van der Waals surface area contributed by atoms with Crippen LogP contribution >= 0.6 is 22.6 Å². The van der Waals surface area contributed by atoms with Gasteiger partial charge in [0.2, 0.25) is 0 Å². The lowest BCUT2D eigenvalue weighted by Gasteiger charge is -2.23. The Balaban J connectivity index is 2.01. The maximum absolute atomic E-state index is 12.8. The number of hydrogen-bond donors (Lipinski definition) is 0. The summed E-state index contributed by atoms with van der Waals surface area (Å²) in [6, 6.07) is 8.39. The molecule has 0 amide bonds. The number of ketones is 1. The molecule has 140 valence electrons. The first-order valence-corrected chi connectivity index (χ1v) is 10.6. The Hall–Kier alpha value is -1.17. The predicted octanol–water partition coefficient (Wildman–Crippen LogP) is 5.86. The Labute approximate surface area is 170 Å². The molecular weight excluding hydrogens is 435 g/mol. The van der Waals surface area contributed by atoms with Crippen LogP contribution in [0.2, 0.25) is 0 Å². The molecule has 0 saturated carbocycles. The van der Waals surface area contributed by atoms with Crippen molar-refractivity contribution < 1.29 is 4.79 Å². The standard InChI is InChI=1S/C22H29IN2O/c1-14-11-19-21(20(26)12-14)18(10-15(2)13-22(3,4)5)24-25(19)17-8-6-16(23)7-9-17/h6-9,14-15H,10-13H2,1-5H3. The second-order valence-electron chi connectivity index (χ2n) is 9.17. The molecule has 0 radical (unpaired) electrons. The van der Waals surface area contributed by atoms with Crippen molar-refractivity contribution in [1.82, 2.24) is 9.78 Å². The van der Waals surface area contributed by atoms with E-state index in [1.165, 1.54) is 3.57 Å². The van der Waals surface area contributed by atoms with Gasteiger partial charge in [0, 0.05) is 9.99 Å². The summed E-state index contributed by atoms with van der Waals surface area (Å²) in [5, 5.41) is 4.94. The quantitative estimate of drug-likeness (QED) is 0.532. The van der Waals surface area contributed by atoms with Crippen LogP contribution in [0.4, 0.5) is 0 Å². The summed E-state index contributed by atoms with van der Waals surface area (Å²) in [6.45, 7) is 11.3. The molecule has 0 saturated heterocycles. The highest BCUT2D eigenvalue weighted by atomic mass is 127. The van der Waals surface area contributed by atoms with Crippen LogP contribution in [0.15, 0.2) is 24.3 Å². The van der Waals surface area contributed by atoms with Crippen LogP contribution < -0.4 is 0 Å². The third-order valence-electron chi connectivity index (χ3n) is 4.98. The van der Waals surface area contributed by atoms with Gasteiger partial charge in [-0.05, 0) is 83.4 Å². The molecule has 0 fully saturated rings. The van der Waals surface area contributed by atoms with Gasteiger partial charge < -0.3 is 0 Å². The van der Waals surface area contributed by atoms with Gasteiger partial charge in [-0.1, -0.05) is 34.6 Å². The summed E-state index contributed by atoms with van der Waals surface area (Å²) in [6.07, 6.45) is 3.57. The zero-order valence-electron chi connectivity index (χ0n) is 16.5. The van der Waals surface area contributed by atoms with Gasteiger partial charge in [0.05, 0.1) is 22.6 Å². The monoisotopic (exact) mass is 464 g/mol. The number of rotatable bonds is 4. The fourth-order valence-corrected chi connectivity index (χ4v) is 4.58. The minimum absolute atomic E-state index is 0.272. The molecule has 3 rings (SSSR count). The molecule has 0 aliphatic heterocycles. The van der Waals surface area contributed by atoms with Crippen LogP contribution in [0, 0.1) is 20.8 Å². The average Bonchev–Trinajstić information content (AvgIpc) is 2.84. The normalized spacial score (nSPS) is 18.7. The van der Waals surface area contributed by atoms with Crippen molar-refractivity contribution in [2.45, 2.75) is 60.3 Å². The zero-order valence-corrected chi connectivity index (χ0v) is 18.6. The highest BCUT2D eigenvalue weighted by Crippen LogP contribution is 2.33. The zero-order chi connectivity index (χ0) is 19.1. The molecule has 0 N–H and O–H groups in total. The molecule has 1 aromatic carbocycles. The third kappa shape index (κ3) is 4.38. The van der Waals surface area contributed by atoms with Crippen LogP contribution in [0.5, 0.6) is 0 Å². The summed E-state index contributed by atoms with van der Waals surface area (Å²) in [5.74, 6) is 1.16. The number of nitrogens with zero attached hydrogens (tertiary/aromatic N) is 2. The lowest BCUT2D eigenvalue weighted by molar-refractivity contribution is 0.0951. The first-order chi connectivity index (χ1) is 12.1. The van der Waals surface area contributed by atoms with E-state index in [2.05, 4.69) is 81.5 Å². The molecule has 1 aromatic heterocycles. The largest absolute Gasteiger partial charge is 0.294 e. The molecule has 0 spiro atoms. The Bertz CT molecular complexity index is 799. The van der Waals surface area contributed by atoms with E-state index >= 15 is 0 Å². The number of carbonyl (C=O) groups is 1. The first-order valence-electron chi connectivity index (χ1n) is 9.54. The van der Waals surface area contributed by atoms with Gasteiger partial charge in [-0.15, -0.1) is 0 Å². The van der Waals surface area contributed by atoms with Crippen LogP contribution in [0.3, 0.4) is 0 Å². The van der Waals surface area contributed by atoms with E-state index in [1.54, 1.807) is 0 Å². The number of aromatic nitrogens is 2. The molecule has 2 aromatic rings. The fraction of sp³-hybridized carbons (Fsp3) is 0.545. The lowest BCUT2D eigenvalue weighted by Crippen LogP contribution is -2.20. The van der Waals surface area contributed by atoms with Crippen LogP contribution in [-0.2, 0) is 12.8 Å². The van der Waals surface area contributed by atoms with Crippen molar-refractivity contribution in [2.24, 2.45) is 17.3 Å². The number of benzene rings is 1. The van der Waals surface area contributed by atoms with Crippen LogP contribution in [0.1, 0.15) is 69.2 Å². The van der Waals surface area contributed by atoms with E-state index in [4.69, 9.17) is 5.10 Å². The predicted molar refractivity (Wildman–Crippen MR) is 115 cm³/mol. The molecule has 1 heterocycles. The van der Waals surface area contributed by atoms with E-state index in [0.29, 0.717) is 18.3 Å². The maximum Gasteiger partial charge on any atom is 0.166 e. The van der Waals surface area contributed by atoms with Crippen LogP contribution in [0.25, 0.3) is 5.69 Å². The van der Waals surface area contributed by atoms with Gasteiger partial charge in [0.15, 0.2) is 5.78 Å². The van der Waals surface area contributed by atoms with E-state index in [-0.39, 0.29) is 11.2 Å². The Morgan fingerprint density at radius 3 is 2.50 bits per heavy atom. The molecular formula is C22H29IN2O. The van der Waals surface area contributed by atoms with Crippen molar-refractivity contribution in [3.63, 3.8) is 0 Å². The van der Waals surface area contributed by atoms with Crippen molar-refractivity contribution >= 4 is 28.4 Å². The minimum Gasteiger partial charge on any atom is -0.294 e. The number of fused-ring (bicyclic) bond motifs is 1. The van der Waals surface area contributed by atoms with Crippen molar-refractivity contribution in [3.05, 3.63) is 44.8 Å². The second kappa shape index (κ2) is 7.45. The van der Waals surface area contributed by atoms with Gasteiger partial charge in [0.25, 0.3) is 0 Å². The van der Waals surface area contributed by atoms with Gasteiger partial charge in [-0.2, -0.15) is 5.10 Å². The Morgan fingerprint density at radius 2 is 1.88 bits per heavy atom. The average molecular weight is 464 g/mol. The first kappa shape index (κ1) is 19.6. The molecule has 1 aliphatic rings. The van der Waals surface area contributed by atoms with E-state index in [9.17, 15) is 4.79 Å². The van der Waals surface area contributed by atoms with Crippen molar-refractivity contribution in [2.75, 3.05) is 0 Å². The van der Waals surface area contributed by atoms with Gasteiger partial charge in [-0.3, -0.25) is 4.79 Å². The molecule has 2 unspecified atom stereocenters.